The fraction of sp³-hybridized carbons (Fsp3) is 0.455. The van der Waals surface area contributed by atoms with Gasteiger partial charge in [-0.25, -0.2) is 0 Å². The molecular weight excluding hydrogens is 256 g/mol. The summed E-state index contributed by atoms with van der Waals surface area (Å²) in [5.41, 5.74) is 6.69. The van der Waals surface area contributed by atoms with Crippen LogP contribution in [-0.4, -0.2) is 32.1 Å². The van der Waals surface area contributed by atoms with Gasteiger partial charge < -0.3 is 15.4 Å². The highest BCUT2D eigenvalue weighted by Gasteiger charge is 2.05. The quantitative estimate of drug-likeness (QED) is 0.889. The molecule has 3 nitrogen and oxygen atoms in total. The van der Waals surface area contributed by atoms with Crippen molar-refractivity contribution >= 4 is 15.9 Å². The van der Waals surface area contributed by atoms with Gasteiger partial charge in [-0.2, -0.15) is 0 Å². The Morgan fingerprint density at radius 2 is 2.13 bits per heavy atom. The monoisotopic (exact) mass is 272 g/mol. The third-order valence-electron chi connectivity index (χ3n) is 2.08. The largest absolute Gasteiger partial charge is 0.492 e. The van der Waals surface area contributed by atoms with E-state index in [-0.39, 0.29) is 0 Å². The van der Waals surface area contributed by atoms with E-state index in [1.54, 1.807) is 0 Å². The maximum absolute atomic E-state index is 5.67. The van der Waals surface area contributed by atoms with Crippen LogP contribution in [-0.2, 0) is 6.54 Å². The number of likely N-dealkylation sites (N-methyl/N-ethyl adjacent to an activating group) is 1. The normalized spacial score (nSPS) is 10.7. The van der Waals surface area contributed by atoms with E-state index >= 15 is 0 Å². The zero-order valence-corrected chi connectivity index (χ0v) is 10.8. The van der Waals surface area contributed by atoms with Crippen LogP contribution in [0.3, 0.4) is 0 Å². The number of halogens is 1. The van der Waals surface area contributed by atoms with Gasteiger partial charge in [0.25, 0.3) is 0 Å². The highest BCUT2D eigenvalue weighted by molar-refractivity contribution is 9.10. The zero-order chi connectivity index (χ0) is 11.3. The second-order valence-corrected chi connectivity index (χ2v) is 4.43. The molecule has 2 N–H and O–H groups in total. The third kappa shape index (κ3) is 3.81. The minimum Gasteiger partial charge on any atom is -0.492 e. The van der Waals surface area contributed by atoms with Crippen molar-refractivity contribution < 1.29 is 4.74 Å². The molecule has 0 saturated carbocycles. The van der Waals surface area contributed by atoms with Gasteiger partial charge >= 0.3 is 0 Å². The molecule has 1 aromatic carbocycles. The van der Waals surface area contributed by atoms with Crippen LogP contribution in [0.2, 0.25) is 0 Å². The van der Waals surface area contributed by atoms with Crippen LogP contribution >= 0.6 is 15.9 Å². The van der Waals surface area contributed by atoms with E-state index < -0.39 is 0 Å². The molecule has 0 fully saturated rings. The van der Waals surface area contributed by atoms with Crippen LogP contribution in [0.5, 0.6) is 5.75 Å². The molecule has 1 aromatic rings. The topological polar surface area (TPSA) is 38.5 Å². The summed E-state index contributed by atoms with van der Waals surface area (Å²) < 4.78 is 6.67. The molecule has 4 heteroatoms. The van der Waals surface area contributed by atoms with Crippen molar-refractivity contribution in [3.8, 4) is 5.75 Å². The highest BCUT2D eigenvalue weighted by Crippen LogP contribution is 2.26. The maximum atomic E-state index is 5.67. The lowest BCUT2D eigenvalue weighted by Gasteiger charge is -2.14. The van der Waals surface area contributed by atoms with Gasteiger partial charge in [0.05, 0.1) is 0 Å². The summed E-state index contributed by atoms with van der Waals surface area (Å²) in [6.07, 6.45) is 0. The summed E-state index contributed by atoms with van der Waals surface area (Å²) in [4.78, 5) is 2.08. The summed E-state index contributed by atoms with van der Waals surface area (Å²) in [6.45, 7) is 2.06. The Kier molecular flexibility index (Phi) is 5.08. The lowest BCUT2D eigenvalue weighted by Crippen LogP contribution is -2.20. The summed E-state index contributed by atoms with van der Waals surface area (Å²) in [5.74, 6) is 0.869. The third-order valence-corrected chi connectivity index (χ3v) is 2.82. The Morgan fingerprint density at radius 1 is 1.40 bits per heavy atom. The van der Waals surface area contributed by atoms with Gasteiger partial charge in [0.2, 0.25) is 0 Å². The molecule has 0 heterocycles. The Labute approximate surface area is 99.3 Å². The minimum atomic E-state index is 0.485. The van der Waals surface area contributed by atoms with E-state index in [1.807, 2.05) is 32.3 Å². The molecule has 0 aliphatic rings. The average Bonchev–Trinajstić information content (AvgIpc) is 2.17. The minimum absolute atomic E-state index is 0.485. The smallest absolute Gasteiger partial charge is 0.124 e. The maximum Gasteiger partial charge on any atom is 0.124 e. The van der Waals surface area contributed by atoms with Gasteiger partial charge in [-0.1, -0.05) is 22.0 Å². The van der Waals surface area contributed by atoms with E-state index in [2.05, 4.69) is 20.8 Å². The fourth-order valence-corrected chi connectivity index (χ4v) is 1.72. The van der Waals surface area contributed by atoms with Crippen LogP contribution in [0, 0.1) is 0 Å². The van der Waals surface area contributed by atoms with Crippen LogP contribution in [0.1, 0.15) is 5.56 Å². The van der Waals surface area contributed by atoms with Crippen LogP contribution in [0.15, 0.2) is 22.7 Å². The zero-order valence-electron chi connectivity index (χ0n) is 9.16. The molecule has 15 heavy (non-hydrogen) atoms. The molecule has 0 saturated heterocycles. The Morgan fingerprint density at radius 3 is 2.73 bits per heavy atom. The van der Waals surface area contributed by atoms with Crippen LogP contribution in [0.4, 0.5) is 0 Å². The van der Waals surface area contributed by atoms with Gasteiger partial charge in [-0.3, -0.25) is 0 Å². The van der Waals surface area contributed by atoms with Crippen LogP contribution < -0.4 is 10.5 Å². The Hall–Kier alpha value is -0.580. The molecule has 0 unspecified atom stereocenters. The molecule has 0 spiro atoms. The molecule has 0 bridgehead atoms. The molecule has 0 atom stereocenters. The second kappa shape index (κ2) is 6.10. The predicted molar refractivity (Wildman–Crippen MR) is 66.1 cm³/mol. The van der Waals surface area contributed by atoms with E-state index in [4.69, 9.17) is 10.5 Å². The van der Waals surface area contributed by atoms with E-state index in [0.717, 1.165) is 22.3 Å². The summed E-state index contributed by atoms with van der Waals surface area (Å²) in [7, 11) is 4.04. The van der Waals surface area contributed by atoms with E-state index in [9.17, 15) is 0 Å². The van der Waals surface area contributed by atoms with Crippen LogP contribution in [0.25, 0.3) is 0 Å². The first-order valence-corrected chi connectivity index (χ1v) is 5.69. The molecule has 0 aliphatic carbocycles. The first kappa shape index (κ1) is 12.5. The number of nitrogens with zero attached hydrogens (tertiary/aromatic N) is 1. The second-order valence-electron chi connectivity index (χ2n) is 3.57. The molecule has 1 rings (SSSR count). The molecule has 0 aliphatic heterocycles. The fourth-order valence-electron chi connectivity index (χ4n) is 1.21. The Bertz CT molecular complexity index is 315. The van der Waals surface area contributed by atoms with Gasteiger partial charge in [0.15, 0.2) is 0 Å². The number of ether oxygens (including phenoxy) is 1. The van der Waals surface area contributed by atoms with Crippen molar-refractivity contribution in [2.24, 2.45) is 5.73 Å². The lowest BCUT2D eigenvalue weighted by molar-refractivity contribution is 0.259. The highest BCUT2D eigenvalue weighted by atomic mass is 79.9. The average molecular weight is 273 g/mol. The van der Waals surface area contributed by atoms with Crippen molar-refractivity contribution in [1.29, 1.82) is 0 Å². The number of nitrogens with two attached hydrogens (primary N) is 1. The number of hydrogen-bond acceptors (Lipinski definition) is 3. The van der Waals surface area contributed by atoms with Gasteiger partial charge in [-0.15, -0.1) is 0 Å². The van der Waals surface area contributed by atoms with Crippen molar-refractivity contribution in [3.63, 3.8) is 0 Å². The van der Waals surface area contributed by atoms with Crippen molar-refractivity contribution in [1.82, 2.24) is 4.90 Å². The van der Waals surface area contributed by atoms with E-state index in [0.29, 0.717) is 13.2 Å². The molecule has 0 amide bonds. The molecular formula is C11H17BrN2O. The van der Waals surface area contributed by atoms with Gasteiger partial charge in [-0.05, 0) is 26.2 Å². The van der Waals surface area contributed by atoms with E-state index in [1.165, 1.54) is 0 Å². The SMILES string of the molecule is CN(C)CCOc1cccc(Br)c1CN. The number of rotatable bonds is 5. The summed E-state index contributed by atoms with van der Waals surface area (Å²) in [5, 5.41) is 0. The standard InChI is InChI=1S/C11H17BrN2O/c1-14(2)6-7-15-11-5-3-4-10(12)9(11)8-13/h3-5H,6-8,13H2,1-2H3. The summed E-state index contributed by atoms with van der Waals surface area (Å²) >= 11 is 3.46. The summed E-state index contributed by atoms with van der Waals surface area (Å²) in [6, 6.07) is 5.87. The number of hydrogen-bond donors (Lipinski definition) is 1. The molecule has 0 aromatic heterocycles. The van der Waals surface area contributed by atoms with Crippen molar-refractivity contribution in [3.05, 3.63) is 28.2 Å². The Balaban J connectivity index is 2.64. The first-order chi connectivity index (χ1) is 7.15. The van der Waals surface area contributed by atoms with Crippen molar-refractivity contribution in [2.75, 3.05) is 27.2 Å². The predicted octanol–water partition coefficient (Wildman–Crippen LogP) is 1.85. The molecule has 0 radical (unpaired) electrons. The van der Waals surface area contributed by atoms with Gasteiger partial charge in [0, 0.05) is 23.1 Å². The first-order valence-electron chi connectivity index (χ1n) is 4.90. The lowest BCUT2D eigenvalue weighted by atomic mass is 10.2. The number of benzene rings is 1. The van der Waals surface area contributed by atoms with Gasteiger partial charge in [0.1, 0.15) is 12.4 Å². The van der Waals surface area contributed by atoms with Crippen molar-refractivity contribution in [2.45, 2.75) is 6.54 Å². The molecule has 84 valence electrons.